The Bertz CT molecular complexity index is 1480. The van der Waals surface area contributed by atoms with Crippen molar-refractivity contribution in [3.8, 4) is 16.9 Å². The van der Waals surface area contributed by atoms with Gasteiger partial charge in [-0.05, 0) is 37.5 Å². The summed E-state index contributed by atoms with van der Waals surface area (Å²) in [5.41, 5.74) is 4.24. The Morgan fingerprint density at radius 2 is 1.82 bits per heavy atom. The minimum absolute atomic E-state index is 0.0942. The second kappa shape index (κ2) is 9.75. The maximum atomic E-state index is 13.1. The Hall–Kier alpha value is -3.92. The summed E-state index contributed by atoms with van der Waals surface area (Å²) in [6.45, 7) is 0.0788. The zero-order valence-corrected chi connectivity index (χ0v) is 20.8. The number of nitrogens with zero attached hydrogens (tertiary/aromatic N) is 5. The number of aromatic nitrogens is 4. The number of likely N-dealkylation sites (tertiary alicyclic amines) is 1. The Kier molecular flexibility index (Phi) is 6.27. The van der Waals surface area contributed by atoms with Gasteiger partial charge in [0.25, 0.3) is 0 Å². The molecule has 4 aromatic rings. The predicted octanol–water partition coefficient (Wildman–Crippen LogP) is 4.69. The number of piperidine rings is 1. The number of aliphatic hydroxyl groups is 1. The molecule has 1 aromatic carbocycles. The number of carbonyl (C=O) groups is 1. The van der Waals surface area contributed by atoms with Gasteiger partial charge in [-0.15, -0.1) is 0 Å². The van der Waals surface area contributed by atoms with Crippen LogP contribution in [0.4, 0.5) is 8.78 Å². The Morgan fingerprint density at radius 1 is 1.08 bits per heavy atom. The van der Waals surface area contributed by atoms with Crippen LogP contribution in [0.5, 0.6) is 5.75 Å². The van der Waals surface area contributed by atoms with Crippen LogP contribution in [0.15, 0.2) is 55.0 Å². The van der Waals surface area contributed by atoms with Crippen LogP contribution >= 0.6 is 0 Å². The number of pyridine rings is 1. The summed E-state index contributed by atoms with van der Waals surface area (Å²) in [5.74, 6) is 0.828. The first-order chi connectivity index (χ1) is 18.4. The van der Waals surface area contributed by atoms with Crippen molar-refractivity contribution in [1.82, 2.24) is 24.3 Å². The molecule has 196 valence electrons. The van der Waals surface area contributed by atoms with Crippen molar-refractivity contribution in [2.45, 2.75) is 50.7 Å². The molecule has 1 aliphatic carbocycles. The lowest BCUT2D eigenvalue weighted by Gasteiger charge is -2.30. The summed E-state index contributed by atoms with van der Waals surface area (Å²) >= 11 is 0. The molecule has 3 aromatic heterocycles. The average Bonchev–Trinajstić information content (AvgIpc) is 3.46. The summed E-state index contributed by atoms with van der Waals surface area (Å²) in [4.78, 5) is 27.4. The third-order valence-electron chi connectivity index (χ3n) is 7.61. The number of ether oxygens (including phenoxy) is 1. The van der Waals surface area contributed by atoms with Crippen LogP contribution in [0.3, 0.4) is 0 Å². The Labute approximate surface area is 217 Å². The molecule has 1 amide bonds. The van der Waals surface area contributed by atoms with Crippen molar-refractivity contribution >= 4 is 11.6 Å². The van der Waals surface area contributed by atoms with Crippen molar-refractivity contribution in [2.75, 3.05) is 13.1 Å². The summed E-state index contributed by atoms with van der Waals surface area (Å²) in [6.07, 6.45) is 6.72. The molecule has 0 spiro atoms. The molecule has 1 N–H and O–H groups in total. The lowest BCUT2D eigenvalue weighted by molar-refractivity contribution is -0.129. The second-order valence-corrected chi connectivity index (χ2v) is 9.86. The lowest BCUT2D eigenvalue weighted by atomic mass is 9.95. The van der Waals surface area contributed by atoms with Gasteiger partial charge >= 0.3 is 6.61 Å². The van der Waals surface area contributed by atoms with E-state index < -0.39 is 12.7 Å². The largest absolute Gasteiger partial charge is 0.435 e. The fraction of sp³-hybridized carbons (Fsp3) is 0.357. The normalized spacial score (nSPS) is 19.8. The van der Waals surface area contributed by atoms with E-state index in [1.165, 1.54) is 6.07 Å². The molecule has 0 bridgehead atoms. The molecule has 0 saturated carbocycles. The number of hydrogen-bond acceptors (Lipinski definition) is 6. The molecule has 1 aliphatic heterocycles. The van der Waals surface area contributed by atoms with Crippen LogP contribution in [0.2, 0.25) is 0 Å². The Morgan fingerprint density at radius 3 is 2.53 bits per heavy atom. The van der Waals surface area contributed by atoms with Gasteiger partial charge in [-0.25, -0.2) is 15.0 Å². The van der Waals surface area contributed by atoms with Crippen LogP contribution in [-0.2, 0) is 4.79 Å². The smallest absolute Gasteiger partial charge is 0.387 e. The van der Waals surface area contributed by atoms with E-state index in [0.717, 1.165) is 35.5 Å². The van der Waals surface area contributed by atoms with Gasteiger partial charge in [0.05, 0.1) is 17.5 Å². The fourth-order valence-electron chi connectivity index (χ4n) is 5.69. The molecule has 4 heterocycles. The van der Waals surface area contributed by atoms with Crippen molar-refractivity contribution in [3.05, 3.63) is 77.8 Å². The van der Waals surface area contributed by atoms with Gasteiger partial charge in [-0.3, -0.25) is 4.79 Å². The number of amides is 1. The van der Waals surface area contributed by atoms with E-state index in [1.807, 2.05) is 27.6 Å². The van der Waals surface area contributed by atoms with Gasteiger partial charge < -0.3 is 19.1 Å². The monoisotopic (exact) mass is 519 g/mol. The molecule has 2 atom stereocenters. The van der Waals surface area contributed by atoms with Gasteiger partial charge in [0.1, 0.15) is 17.2 Å². The summed E-state index contributed by atoms with van der Waals surface area (Å²) in [6, 6.07) is 10.5. The summed E-state index contributed by atoms with van der Waals surface area (Å²) in [5, 5.41) is 10.8. The zero-order valence-electron chi connectivity index (χ0n) is 20.8. The van der Waals surface area contributed by atoms with Crippen LogP contribution in [0.1, 0.15) is 66.9 Å². The quantitative estimate of drug-likeness (QED) is 0.411. The van der Waals surface area contributed by atoms with Crippen molar-refractivity contribution in [2.24, 2.45) is 0 Å². The predicted molar refractivity (Wildman–Crippen MR) is 135 cm³/mol. The van der Waals surface area contributed by atoms with E-state index in [1.54, 1.807) is 37.5 Å². The first kappa shape index (κ1) is 24.4. The molecule has 0 radical (unpaired) electrons. The topological polar surface area (TPSA) is 92.9 Å². The third-order valence-corrected chi connectivity index (χ3v) is 7.61. The van der Waals surface area contributed by atoms with Crippen molar-refractivity contribution < 1.29 is 23.4 Å². The standard InChI is InChI=1S/C28H27F2N5O3/c1-16(36)34-10-8-17(9-11-34)27-31-13-19(14-32-27)18-6-7-24-33-25-22(37)12-21(26(25)35(24)15-18)20-4-2-3-5-23(20)38-28(29)30/h2-7,13-15,17,21-22,28,37H,8-12H2,1H3/t21-,22-/m1/s1. The number of carbonyl (C=O) groups excluding carboxylic acids is 1. The SMILES string of the molecule is CC(=O)N1CCC(c2ncc(-c3ccc4nc5c(n4c3)[C@@H](c3ccccc3OC(F)F)C[C@H]5O)cn2)CC1. The maximum absolute atomic E-state index is 13.1. The first-order valence-corrected chi connectivity index (χ1v) is 12.7. The van der Waals surface area contributed by atoms with Crippen molar-refractivity contribution in [3.63, 3.8) is 0 Å². The summed E-state index contributed by atoms with van der Waals surface area (Å²) in [7, 11) is 0. The van der Waals surface area contributed by atoms with Gasteiger partial charge in [-0.1, -0.05) is 18.2 Å². The van der Waals surface area contributed by atoms with Crippen LogP contribution in [-0.4, -0.2) is 55.0 Å². The number of benzene rings is 1. The number of para-hydroxylation sites is 1. The third kappa shape index (κ3) is 4.38. The molecular formula is C28H27F2N5O3. The molecule has 2 aliphatic rings. The minimum Gasteiger partial charge on any atom is -0.435 e. The van der Waals surface area contributed by atoms with Crippen LogP contribution in [0.25, 0.3) is 16.8 Å². The number of halogens is 2. The van der Waals surface area contributed by atoms with Crippen LogP contribution < -0.4 is 4.74 Å². The average molecular weight is 520 g/mol. The molecule has 10 heteroatoms. The molecule has 1 saturated heterocycles. The first-order valence-electron chi connectivity index (χ1n) is 12.7. The van der Waals surface area contributed by atoms with Crippen LogP contribution in [0, 0.1) is 0 Å². The lowest BCUT2D eigenvalue weighted by Crippen LogP contribution is -2.36. The highest BCUT2D eigenvalue weighted by Gasteiger charge is 2.37. The highest BCUT2D eigenvalue weighted by molar-refractivity contribution is 5.73. The second-order valence-electron chi connectivity index (χ2n) is 9.86. The number of hydrogen-bond donors (Lipinski definition) is 1. The van der Waals surface area contributed by atoms with E-state index in [9.17, 15) is 18.7 Å². The Balaban J connectivity index is 1.31. The minimum atomic E-state index is -2.94. The van der Waals surface area contributed by atoms with Gasteiger partial charge in [0.2, 0.25) is 5.91 Å². The molecule has 0 unspecified atom stereocenters. The molecule has 1 fully saturated rings. The number of imidazole rings is 1. The summed E-state index contributed by atoms with van der Waals surface area (Å²) < 4.78 is 32.8. The zero-order chi connectivity index (χ0) is 26.4. The van der Waals surface area contributed by atoms with E-state index >= 15 is 0 Å². The van der Waals surface area contributed by atoms with Crippen molar-refractivity contribution in [1.29, 1.82) is 0 Å². The van der Waals surface area contributed by atoms with E-state index in [0.29, 0.717) is 36.4 Å². The highest BCUT2D eigenvalue weighted by atomic mass is 19.3. The number of fused-ring (bicyclic) bond motifs is 3. The number of aliphatic hydroxyl groups excluding tert-OH is 1. The van der Waals surface area contributed by atoms with E-state index in [4.69, 9.17) is 4.74 Å². The molecular weight excluding hydrogens is 492 g/mol. The molecule has 8 nitrogen and oxygen atoms in total. The number of rotatable bonds is 5. The highest BCUT2D eigenvalue weighted by Crippen LogP contribution is 2.47. The van der Waals surface area contributed by atoms with E-state index in [2.05, 4.69) is 15.0 Å². The number of alkyl halides is 2. The molecule has 38 heavy (non-hydrogen) atoms. The van der Waals surface area contributed by atoms with Gasteiger partial charge in [0.15, 0.2) is 0 Å². The fourth-order valence-corrected chi connectivity index (χ4v) is 5.69. The van der Waals surface area contributed by atoms with E-state index in [-0.39, 0.29) is 23.5 Å². The van der Waals surface area contributed by atoms with Gasteiger partial charge in [-0.2, -0.15) is 8.78 Å². The molecule has 6 rings (SSSR count). The van der Waals surface area contributed by atoms with Gasteiger partial charge in [0, 0.05) is 67.1 Å². The maximum Gasteiger partial charge on any atom is 0.387 e.